The molecule has 0 amide bonds. The molecule has 1 aliphatic carbocycles. The fraction of sp³-hybridized carbons (Fsp3) is 0.261. The maximum atomic E-state index is 12.6. The molecule has 2 aromatic carbocycles. The molecule has 0 spiro atoms. The zero-order valence-corrected chi connectivity index (χ0v) is 16.3. The maximum Gasteiger partial charge on any atom is 0.251 e. The minimum Gasteiger partial charge on any atom is -0.329 e. The minimum atomic E-state index is 0.0596. The summed E-state index contributed by atoms with van der Waals surface area (Å²) in [4.78, 5) is 15.5. The average Bonchev–Trinajstić information content (AvgIpc) is 2.71. The second-order valence-electron chi connectivity index (χ2n) is 7.09. The smallest absolute Gasteiger partial charge is 0.251 e. The normalized spacial score (nSPS) is 18.9. The Bertz CT molecular complexity index is 967. The van der Waals surface area contributed by atoms with E-state index in [0.29, 0.717) is 6.04 Å². The van der Waals surface area contributed by atoms with Crippen LogP contribution in [0.5, 0.6) is 0 Å². The molecule has 0 bridgehead atoms. The SMILES string of the molecule is CSNC1CCc2cc[nH]c(=O)c2C1Cc1cccc(-c2ccccc2)c1. The second kappa shape index (κ2) is 8.15. The number of nitrogens with one attached hydrogen (secondary N) is 2. The van der Waals surface area contributed by atoms with Gasteiger partial charge in [0.25, 0.3) is 5.56 Å². The van der Waals surface area contributed by atoms with Crippen LogP contribution in [-0.2, 0) is 12.8 Å². The van der Waals surface area contributed by atoms with Crippen LogP contribution in [0.15, 0.2) is 71.7 Å². The standard InChI is InChI=1S/C23H24N2OS/c1-27-25-21-11-10-18-12-13-24-23(26)22(18)20(21)15-16-6-5-9-19(14-16)17-7-3-2-4-8-17/h2-9,12-14,20-21,25H,10-11,15H2,1H3,(H,24,26). The first-order valence-corrected chi connectivity index (χ1v) is 10.6. The lowest BCUT2D eigenvalue weighted by Crippen LogP contribution is -2.39. The summed E-state index contributed by atoms with van der Waals surface area (Å²) < 4.78 is 3.53. The molecule has 1 aromatic heterocycles. The van der Waals surface area contributed by atoms with Crippen LogP contribution < -0.4 is 10.3 Å². The summed E-state index contributed by atoms with van der Waals surface area (Å²) >= 11 is 1.64. The molecule has 2 unspecified atom stereocenters. The van der Waals surface area contributed by atoms with Gasteiger partial charge in [0.05, 0.1) is 0 Å². The van der Waals surface area contributed by atoms with Gasteiger partial charge in [0.1, 0.15) is 0 Å². The van der Waals surface area contributed by atoms with E-state index < -0.39 is 0 Å². The number of pyridine rings is 1. The number of benzene rings is 2. The number of hydrogen-bond donors (Lipinski definition) is 2. The van der Waals surface area contributed by atoms with Crippen molar-refractivity contribution in [1.82, 2.24) is 9.71 Å². The molecule has 3 aromatic rings. The molecule has 0 saturated heterocycles. The van der Waals surface area contributed by atoms with Gasteiger partial charge in [-0.05, 0) is 53.8 Å². The van der Waals surface area contributed by atoms with E-state index in [2.05, 4.69) is 70.6 Å². The van der Waals surface area contributed by atoms with Crippen molar-refractivity contribution >= 4 is 11.9 Å². The number of aryl methyl sites for hydroxylation is 1. The zero-order chi connectivity index (χ0) is 18.6. The summed E-state index contributed by atoms with van der Waals surface area (Å²) in [5, 5.41) is 0. The fourth-order valence-corrected chi connectivity index (χ4v) is 4.75. The van der Waals surface area contributed by atoms with Crippen molar-refractivity contribution in [2.45, 2.75) is 31.2 Å². The van der Waals surface area contributed by atoms with E-state index in [9.17, 15) is 4.79 Å². The monoisotopic (exact) mass is 376 g/mol. The van der Waals surface area contributed by atoms with Crippen LogP contribution >= 0.6 is 11.9 Å². The van der Waals surface area contributed by atoms with Crippen LogP contribution in [0.3, 0.4) is 0 Å². The highest BCUT2D eigenvalue weighted by Gasteiger charge is 2.31. The molecule has 4 heteroatoms. The number of hydrogen-bond acceptors (Lipinski definition) is 3. The first-order chi connectivity index (χ1) is 13.3. The Kier molecular flexibility index (Phi) is 5.46. The zero-order valence-electron chi connectivity index (χ0n) is 15.4. The molecule has 1 aliphatic rings. The number of fused-ring (bicyclic) bond motifs is 1. The number of H-pyrrole nitrogens is 1. The van der Waals surface area contributed by atoms with Gasteiger partial charge in [0.2, 0.25) is 0 Å². The summed E-state index contributed by atoms with van der Waals surface area (Å²) in [5.74, 6) is 0.178. The lowest BCUT2D eigenvalue weighted by Gasteiger charge is -2.33. The molecule has 4 rings (SSSR count). The predicted octanol–water partition coefficient (Wildman–Crippen LogP) is 4.55. The van der Waals surface area contributed by atoms with Gasteiger partial charge in [-0.1, -0.05) is 66.5 Å². The van der Waals surface area contributed by atoms with Gasteiger partial charge in [-0.2, -0.15) is 0 Å². The van der Waals surface area contributed by atoms with Gasteiger partial charge >= 0.3 is 0 Å². The molecule has 3 nitrogen and oxygen atoms in total. The highest BCUT2D eigenvalue weighted by molar-refractivity contribution is 7.96. The summed E-state index contributed by atoms with van der Waals surface area (Å²) in [6.45, 7) is 0. The fourth-order valence-electron chi connectivity index (χ4n) is 4.17. The molecule has 0 saturated carbocycles. The molecule has 2 atom stereocenters. The summed E-state index contributed by atoms with van der Waals surface area (Å²) in [5.41, 5.74) is 5.93. The van der Waals surface area contributed by atoms with E-state index in [1.807, 2.05) is 6.07 Å². The Morgan fingerprint density at radius 3 is 2.70 bits per heavy atom. The Balaban J connectivity index is 1.69. The highest BCUT2D eigenvalue weighted by Crippen LogP contribution is 2.33. The van der Waals surface area contributed by atoms with Crippen LogP contribution in [-0.4, -0.2) is 17.3 Å². The first kappa shape index (κ1) is 18.1. The lowest BCUT2D eigenvalue weighted by atomic mass is 9.77. The van der Waals surface area contributed by atoms with Crippen LogP contribution in [0, 0.1) is 0 Å². The van der Waals surface area contributed by atoms with E-state index >= 15 is 0 Å². The Morgan fingerprint density at radius 1 is 1.07 bits per heavy atom. The molecular weight excluding hydrogens is 352 g/mol. The average molecular weight is 377 g/mol. The third-order valence-electron chi connectivity index (χ3n) is 5.43. The summed E-state index contributed by atoms with van der Waals surface area (Å²) in [6, 6.07) is 21.5. The van der Waals surface area contributed by atoms with Gasteiger partial charge in [0, 0.05) is 23.7 Å². The Labute approximate surface area is 164 Å². The van der Waals surface area contributed by atoms with Crippen molar-refractivity contribution in [3.63, 3.8) is 0 Å². The van der Waals surface area contributed by atoms with Crippen molar-refractivity contribution < 1.29 is 0 Å². The Hall–Kier alpha value is -2.30. The molecular formula is C23H24N2OS. The third-order valence-corrected chi connectivity index (χ3v) is 5.97. The molecule has 0 fully saturated rings. The van der Waals surface area contributed by atoms with Crippen molar-refractivity contribution in [2.24, 2.45) is 0 Å². The van der Waals surface area contributed by atoms with Gasteiger partial charge in [-0.3, -0.25) is 9.52 Å². The summed E-state index contributed by atoms with van der Waals surface area (Å²) in [7, 11) is 0. The van der Waals surface area contributed by atoms with Gasteiger partial charge in [-0.25, -0.2) is 0 Å². The van der Waals surface area contributed by atoms with Gasteiger partial charge < -0.3 is 4.98 Å². The third kappa shape index (κ3) is 3.87. The van der Waals surface area contributed by atoms with Gasteiger partial charge in [-0.15, -0.1) is 0 Å². The van der Waals surface area contributed by atoms with Gasteiger partial charge in [0.15, 0.2) is 0 Å². The van der Waals surface area contributed by atoms with Crippen molar-refractivity contribution in [2.75, 3.05) is 6.26 Å². The van der Waals surface area contributed by atoms with Crippen molar-refractivity contribution in [3.05, 3.63) is 93.9 Å². The van der Waals surface area contributed by atoms with E-state index in [0.717, 1.165) is 24.8 Å². The topological polar surface area (TPSA) is 44.9 Å². The minimum absolute atomic E-state index is 0.0596. The van der Waals surface area contributed by atoms with E-state index in [1.54, 1.807) is 18.1 Å². The summed E-state index contributed by atoms with van der Waals surface area (Å²) in [6.07, 6.45) is 6.70. The molecule has 27 heavy (non-hydrogen) atoms. The first-order valence-electron chi connectivity index (χ1n) is 9.39. The van der Waals surface area contributed by atoms with Crippen LogP contribution in [0.2, 0.25) is 0 Å². The quantitative estimate of drug-likeness (QED) is 0.642. The number of rotatable bonds is 5. The van der Waals surface area contributed by atoms with E-state index in [1.165, 1.54) is 22.3 Å². The Morgan fingerprint density at radius 2 is 1.89 bits per heavy atom. The highest BCUT2D eigenvalue weighted by atomic mass is 32.2. The molecule has 2 N–H and O–H groups in total. The molecule has 0 aliphatic heterocycles. The molecule has 1 heterocycles. The second-order valence-corrected chi connectivity index (χ2v) is 7.73. The van der Waals surface area contributed by atoms with Crippen molar-refractivity contribution in [1.29, 1.82) is 0 Å². The largest absolute Gasteiger partial charge is 0.329 e. The predicted molar refractivity (Wildman–Crippen MR) is 114 cm³/mol. The van der Waals surface area contributed by atoms with Crippen LogP contribution in [0.25, 0.3) is 11.1 Å². The number of aromatic nitrogens is 1. The van der Waals surface area contributed by atoms with E-state index in [-0.39, 0.29) is 11.5 Å². The number of aromatic amines is 1. The van der Waals surface area contributed by atoms with Crippen LogP contribution in [0.1, 0.15) is 29.0 Å². The van der Waals surface area contributed by atoms with Crippen molar-refractivity contribution in [3.8, 4) is 11.1 Å². The van der Waals surface area contributed by atoms with E-state index in [4.69, 9.17) is 0 Å². The molecule has 0 radical (unpaired) electrons. The maximum absolute atomic E-state index is 12.6. The lowest BCUT2D eigenvalue weighted by molar-refractivity contribution is 0.441. The molecule has 138 valence electrons. The van der Waals surface area contributed by atoms with Crippen LogP contribution in [0.4, 0.5) is 0 Å².